The van der Waals surface area contributed by atoms with Gasteiger partial charge >= 0.3 is 6.96 Å². The molecule has 0 aliphatic carbocycles. The molecule has 0 amide bonds. The van der Waals surface area contributed by atoms with Crippen LogP contribution in [0.3, 0.4) is 0 Å². The summed E-state index contributed by atoms with van der Waals surface area (Å²) in [5, 5.41) is 0. The zero-order chi connectivity index (χ0) is 11.1. The highest BCUT2D eigenvalue weighted by Crippen LogP contribution is 2.27. The number of carbonyl (C=O) groups is 3. The molecule has 0 N–H and O–H groups in total. The third-order valence-corrected chi connectivity index (χ3v) is 1.77. The number of rotatable bonds is 0. The molecule has 2 aliphatic heterocycles. The lowest BCUT2D eigenvalue weighted by Gasteiger charge is -2.44. The molecular formula is C7H6BO7-. The molecule has 2 heterocycles. The van der Waals surface area contributed by atoms with Crippen LogP contribution in [0.15, 0.2) is 12.3 Å². The van der Waals surface area contributed by atoms with Crippen LogP contribution >= 0.6 is 0 Å². The van der Waals surface area contributed by atoms with Crippen molar-refractivity contribution in [2.75, 3.05) is 0 Å². The average molecular weight is 213 g/mol. The third kappa shape index (κ3) is 1.78. The van der Waals surface area contributed by atoms with Gasteiger partial charge in [-0.15, -0.1) is 0 Å². The molecule has 7 nitrogen and oxygen atoms in total. The smallest absolute Gasteiger partial charge is 0.614 e. The number of hydrogen-bond acceptors (Lipinski definition) is 7. The maximum Gasteiger partial charge on any atom is 0.782 e. The van der Waals surface area contributed by atoms with Gasteiger partial charge in [0.05, 0.1) is 12.2 Å². The van der Waals surface area contributed by atoms with E-state index in [9.17, 15) is 14.4 Å². The van der Waals surface area contributed by atoms with Crippen molar-refractivity contribution in [1.29, 1.82) is 0 Å². The summed E-state index contributed by atoms with van der Waals surface area (Å²) < 4.78 is 18.6. The summed E-state index contributed by atoms with van der Waals surface area (Å²) in [5.41, 5.74) is 0. The fourth-order valence-corrected chi connectivity index (χ4v) is 1.28. The van der Waals surface area contributed by atoms with E-state index in [-0.39, 0.29) is 12.2 Å². The van der Waals surface area contributed by atoms with E-state index < -0.39 is 31.3 Å². The molecule has 2 saturated heterocycles. The van der Waals surface area contributed by atoms with E-state index in [0.29, 0.717) is 0 Å². The molecular weight excluding hydrogens is 207 g/mol. The van der Waals surface area contributed by atoms with Gasteiger partial charge in [-0.1, -0.05) is 6.58 Å². The first kappa shape index (κ1) is 9.57. The minimum Gasteiger partial charge on any atom is -0.614 e. The topological polar surface area (TPSA) is 88.1 Å². The lowest BCUT2D eigenvalue weighted by Crippen LogP contribution is -2.58. The third-order valence-electron chi connectivity index (χ3n) is 1.77. The Kier molecular flexibility index (Phi) is 1.92. The second-order valence-corrected chi connectivity index (χ2v) is 3.06. The normalized spacial score (nSPS) is 24.0. The zero-order valence-electron chi connectivity index (χ0n) is 7.56. The molecule has 8 heteroatoms. The van der Waals surface area contributed by atoms with Gasteiger partial charge in [-0.25, -0.2) is 0 Å². The van der Waals surface area contributed by atoms with Crippen molar-refractivity contribution >= 4 is 24.9 Å². The lowest BCUT2D eigenvalue weighted by molar-refractivity contribution is -0.170. The molecule has 0 unspecified atom stereocenters. The van der Waals surface area contributed by atoms with Crippen molar-refractivity contribution in [3.63, 3.8) is 0 Å². The molecule has 1 spiro atoms. The minimum atomic E-state index is -3.11. The summed E-state index contributed by atoms with van der Waals surface area (Å²) in [6.07, 6.45) is -0.699. The molecule has 2 aliphatic rings. The largest absolute Gasteiger partial charge is 0.782 e. The molecule has 80 valence electrons. The second-order valence-electron chi connectivity index (χ2n) is 3.06. The van der Waals surface area contributed by atoms with Crippen molar-refractivity contribution in [1.82, 2.24) is 0 Å². The van der Waals surface area contributed by atoms with Crippen LogP contribution in [0.5, 0.6) is 0 Å². The Morgan fingerprint density at radius 2 is 1.33 bits per heavy atom. The van der Waals surface area contributed by atoms with E-state index in [1.807, 2.05) is 0 Å². The predicted octanol–water partition coefficient (Wildman–Crippen LogP) is -0.611. The molecule has 0 aromatic rings. The van der Waals surface area contributed by atoms with Crippen LogP contribution in [0.2, 0.25) is 0 Å². The van der Waals surface area contributed by atoms with E-state index in [4.69, 9.17) is 4.65 Å². The van der Waals surface area contributed by atoms with E-state index in [2.05, 4.69) is 20.5 Å². The fourth-order valence-electron chi connectivity index (χ4n) is 1.28. The fraction of sp³-hybridized carbons (Fsp3) is 0.286. The second kappa shape index (κ2) is 3.01. The average Bonchev–Trinajstić information content (AvgIpc) is 1.96. The van der Waals surface area contributed by atoms with Crippen LogP contribution in [0.4, 0.5) is 0 Å². The van der Waals surface area contributed by atoms with E-state index >= 15 is 0 Å². The molecule has 15 heavy (non-hydrogen) atoms. The molecule has 2 rings (SSSR count). The number of carbonyl (C=O) groups excluding carboxylic acids is 3. The Labute approximate surface area is 84.0 Å². The monoisotopic (exact) mass is 213 g/mol. The van der Waals surface area contributed by atoms with Crippen LogP contribution < -0.4 is 0 Å². The van der Waals surface area contributed by atoms with Crippen LogP contribution in [-0.2, 0) is 33.0 Å². The first-order valence-electron chi connectivity index (χ1n) is 4.14. The summed E-state index contributed by atoms with van der Waals surface area (Å²) in [7, 11) is 0. The Morgan fingerprint density at radius 1 is 0.867 bits per heavy atom. The van der Waals surface area contributed by atoms with Gasteiger partial charge in [-0.2, -0.15) is 0 Å². The molecule has 2 fully saturated rings. The van der Waals surface area contributed by atoms with Gasteiger partial charge in [0, 0.05) is 0 Å². The van der Waals surface area contributed by atoms with Gasteiger partial charge < -0.3 is 18.6 Å². The maximum atomic E-state index is 11.0. The van der Waals surface area contributed by atoms with Crippen molar-refractivity contribution < 1.29 is 33.0 Å². The first-order chi connectivity index (χ1) is 6.99. The van der Waals surface area contributed by atoms with Gasteiger partial charge in [0.25, 0.3) is 17.9 Å². The lowest BCUT2D eigenvalue weighted by atomic mass is 9.99. The van der Waals surface area contributed by atoms with Crippen molar-refractivity contribution in [2.24, 2.45) is 0 Å². The summed E-state index contributed by atoms with van der Waals surface area (Å²) >= 11 is 0. The highest BCUT2D eigenvalue weighted by molar-refractivity contribution is 6.61. The SMILES string of the molecule is C=C1CC(=O)O[B-]2(O1)OC(=O)CC(=O)O2. The van der Waals surface area contributed by atoms with Gasteiger partial charge in [-0.3, -0.25) is 14.4 Å². The molecule has 0 aromatic heterocycles. The molecule has 0 saturated carbocycles. The van der Waals surface area contributed by atoms with E-state index in [0.717, 1.165) is 0 Å². The quantitative estimate of drug-likeness (QED) is 0.391. The van der Waals surface area contributed by atoms with E-state index in [1.54, 1.807) is 0 Å². The van der Waals surface area contributed by atoms with Gasteiger partial charge in [0.15, 0.2) is 0 Å². The molecule has 0 bridgehead atoms. The van der Waals surface area contributed by atoms with Gasteiger partial charge in [0.2, 0.25) is 0 Å². The molecule has 0 aromatic carbocycles. The Balaban J connectivity index is 2.24. The van der Waals surface area contributed by atoms with Crippen molar-refractivity contribution in [3.8, 4) is 0 Å². The van der Waals surface area contributed by atoms with Crippen molar-refractivity contribution in [2.45, 2.75) is 12.8 Å². The van der Waals surface area contributed by atoms with Crippen LogP contribution in [-0.4, -0.2) is 24.9 Å². The predicted molar refractivity (Wildman–Crippen MR) is 43.5 cm³/mol. The highest BCUT2D eigenvalue weighted by Gasteiger charge is 2.52. The highest BCUT2D eigenvalue weighted by atomic mass is 16.9. The number of hydrogen-bond donors (Lipinski definition) is 0. The van der Waals surface area contributed by atoms with Crippen molar-refractivity contribution in [3.05, 3.63) is 12.3 Å². The summed E-state index contributed by atoms with van der Waals surface area (Å²) in [6, 6.07) is 0. The minimum absolute atomic E-state index is 0.0220. The standard InChI is InChI=1S/C7H6BO7/c1-4-2-5(9)13-8(12-4)14-6(10)3-7(11)15-8/h1-3H2/q-1. The van der Waals surface area contributed by atoms with E-state index in [1.165, 1.54) is 0 Å². The zero-order valence-corrected chi connectivity index (χ0v) is 7.56. The Bertz CT molecular complexity index is 302. The summed E-state index contributed by atoms with van der Waals surface area (Å²) in [4.78, 5) is 32.9. The summed E-state index contributed by atoms with van der Waals surface area (Å²) in [5.74, 6) is -2.44. The Hall–Kier alpha value is -1.99. The van der Waals surface area contributed by atoms with Crippen LogP contribution in [0.25, 0.3) is 0 Å². The van der Waals surface area contributed by atoms with Crippen LogP contribution in [0.1, 0.15) is 12.8 Å². The van der Waals surface area contributed by atoms with Gasteiger partial charge in [0.1, 0.15) is 6.42 Å². The Morgan fingerprint density at radius 3 is 1.80 bits per heavy atom. The van der Waals surface area contributed by atoms with Gasteiger partial charge in [-0.05, 0) is 0 Å². The van der Waals surface area contributed by atoms with Crippen LogP contribution in [0, 0.1) is 0 Å². The maximum absolute atomic E-state index is 11.0. The summed E-state index contributed by atoms with van der Waals surface area (Å²) in [6.45, 7) is 0.265. The molecule has 0 radical (unpaired) electrons. The first-order valence-corrected chi connectivity index (χ1v) is 4.14. The molecule has 0 atom stereocenters.